The monoisotopic (exact) mass is 270 g/mol. The van der Waals surface area contributed by atoms with E-state index in [2.05, 4.69) is 9.97 Å². The molecular formula is C14H10N2O4. The molecule has 0 radical (unpaired) electrons. The Morgan fingerprint density at radius 2 is 2.10 bits per heavy atom. The lowest BCUT2D eigenvalue weighted by molar-refractivity contribution is -0.136. The van der Waals surface area contributed by atoms with Crippen LogP contribution < -0.4 is 4.74 Å². The molecule has 0 saturated heterocycles. The van der Waals surface area contributed by atoms with E-state index in [9.17, 15) is 9.59 Å². The molecule has 2 aromatic rings. The minimum atomic E-state index is -0.934. The maximum absolute atomic E-state index is 12.4. The van der Waals surface area contributed by atoms with Gasteiger partial charge in [-0.3, -0.25) is 14.6 Å². The summed E-state index contributed by atoms with van der Waals surface area (Å²) in [5, 5.41) is 8.79. The van der Waals surface area contributed by atoms with Gasteiger partial charge in [0.15, 0.2) is 0 Å². The van der Waals surface area contributed by atoms with Crippen LogP contribution in [0.3, 0.4) is 0 Å². The Labute approximate surface area is 114 Å². The Bertz CT molecular complexity index is 712. The lowest BCUT2D eigenvalue weighted by Crippen LogP contribution is -2.07. The quantitative estimate of drug-likeness (QED) is 0.882. The number of aliphatic carboxylic acids is 1. The van der Waals surface area contributed by atoms with E-state index in [0.29, 0.717) is 22.6 Å². The van der Waals surface area contributed by atoms with Crippen molar-refractivity contribution in [3.63, 3.8) is 0 Å². The first-order valence-corrected chi connectivity index (χ1v) is 5.97. The Kier molecular flexibility index (Phi) is 2.90. The van der Waals surface area contributed by atoms with Crippen LogP contribution in [-0.2, 0) is 17.8 Å². The molecule has 0 amide bonds. The van der Waals surface area contributed by atoms with Crippen LogP contribution in [0.1, 0.15) is 27.3 Å². The fourth-order valence-electron chi connectivity index (χ4n) is 2.09. The van der Waals surface area contributed by atoms with Crippen molar-refractivity contribution in [2.24, 2.45) is 0 Å². The molecule has 0 aliphatic carbocycles. The van der Waals surface area contributed by atoms with E-state index >= 15 is 0 Å². The maximum atomic E-state index is 12.4. The van der Waals surface area contributed by atoms with Crippen LogP contribution in [0.5, 0.6) is 5.75 Å². The molecule has 6 heteroatoms. The van der Waals surface area contributed by atoms with E-state index in [1.807, 2.05) is 0 Å². The number of fused-ring (bicyclic) bond motifs is 2. The Morgan fingerprint density at radius 1 is 1.30 bits per heavy atom. The van der Waals surface area contributed by atoms with Gasteiger partial charge < -0.3 is 9.84 Å². The van der Waals surface area contributed by atoms with Crippen molar-refractivity contribution in [1.82, 2.24) is 9.97 Å². The number of ketones is 1. The molecule has 6 nitrogen and oxygen atoms in total. The van der Waals surface area contributed by atoms with Gasteiger partial charge in [-0.1, -0.05) is 6.07 Å². The summed E-state index contributed by atoms with van der Waals surface area (Å²) in [7, 11) is 0. The standard InChI is InChI=1S/C14H10N2O4/c17-12(18)6-8-1-2-9-11(5-8)20-7-10-13(14(9)19)16-4-3-15-10/h1-5H,6-7H2,(H,17,18). The van der Waals surface area contributed by atoms with E-state index in [-0.39, 0.29) is 24.5 Å². The molecule has 0 fully saturated rings. The number of rotatable bonds is 2. The van der Waals surface area contributed by atoms with Gasteiger partial charge in [0.25, 0.3) is 0 Å². The number of carboxylic acid groups (broad SMARTS) is 1. The van der Waals surface area contributed by atoms with Crippen molar-refractivity contribution in [2.75, 3.05) is 0 Å². The molecule has 0 bridgehead atoms. The van der Waals surface area contributed by atoms with Crippen molar-refractivity contribution in [1.29, 1.82) is 0 Å². The van der Waals surface area contributed by atoms with Gasteiger partial charge in [-0.25, -0.2) is 4.98 Å². The second kappa shape index (κ2) is 4.73. The number of ether oxygens (including phenoxy) is 1. The smallest absolute Gasteiger partial charge is 0.307 e. The van der Waals surface area contributed by atoms with E-state index in [0.717, 1.165) is 0 Å². The van der Waals surface area contributed by atoms with Crippen LogP contribution in [0.15, 0.2) is 30.6 Å². The van der Waals surface area contributed by atoms with Gasteiger partial charge in [0, 0.05) is 12.4 Å². The number of hydrogen-bond donors (Lipinski definition) is 1. The number of hydrogen-bond acceptors (Lipinski definition) is 5. The number of nitrogens with zero attached hydrogens (tertiary/aromatic N) is 2. The van der Waals surface area contributed by atoms with Crippen LogP contribution in [-0.4, -0.2) is 26.8 Å². The third-order valence-electron chi connectivity index (χ3n) is 3.00. The fraction of sp³-hybridized carbons (Fsp3) is 0.143. The molecular weight excluding hydrogens is 260 g/mol. The number of benzene rings is 1. The summed E-state index contributed by atoms with van der Waals surface area (Å²) in [5.74, 6) is -0.826. The molecule has 20 heavy (non-hydrogen) atoms. The van der Waals surface area contributed by atoms with E-state index < -0.39 is 5.97 Å². The predicted molar refractivity (Wildman–Crippen MR) is 67.6 cm³/mol. The zero-order valence-electron chi connectivity index (χ0n) is 10.4. The lowest BCUT2D eigenvalue weighted by atomic mass is 10.0. The van der Waals surface area contributed by atoms with Crippen molar-refractivity contribution in [3.05, 3.63) is 53.1 Å². The topological polar surface area (TPSA) is 89.4 Å². The van der Waals surface area contributed by atoms with Gasteiger partial charge in [-0.15, -0.1) is 0 Å². The van der Waals surface area contributed by atoms with E-state index in [4.69, 9.17) is 9.84 Å². The lowest BCUT2D eigenvalue weighted by Gasteiger charge is -2.07. The molecule has 1 N–H and O–H groups in total. The highest BCUT2D eigenvalue weighted by Crippen LogP contribution is 2.27. The molecule has 0 unspecified atom stereocenters. The minimum absolute atomic E-state index is 0.117. The van der Waals surface area contributed by atoms with Crippen LogP contribution in [0.4, 0.5) is 0 Å². The first-order chi connectivity index (χ1) is 9.65. The van der Waals surface area contributed by atoms with Crippen molar-refractivity contribution in [2.45, 2.75) is 13.0 Å². The molecule has 2 heterocycles. The second-order valence-corrected chi connectivity index (χ2v) is 4.37. The first-order valence-electron chi connectivity index (χ1n) is 5.97. The van der Waals surface area contributed by atoms with Crippen LogP contribution in [0, 0.1) is 0 Å². The Morgan fingerprint density at radius 3 is 2.90 bits per heavy atom. The van der Waals surface area contributed by atoms with Crippen LogP contribution in [0.2, 0.25) is 0 Å². The highest BCUT2D eigenvalue weighted by molar-refractivity contribution is 6.10. The summed E-state index contributed by atoms with van der Waals surface area (Å²) >= 11 is 0. The minimum Gasteiger partial charge on any atom is -0.486 e. The van der Waals surface area contributed by atoms with Gasteiger partial charge in [-0.2, -0.15) is 0 Å². The third kappa shape index (κ3) is 2.11. The zero-order chi connectivity index (χ0) is 14.1. The number of aromatic nitrogens is 2. The van der Waals surface area contributed by atoms with E-state index in [1.54, 1.807) is 18.2 Å². The molecule has 0 saturated carbocycles. The number of carboxylic acids is 1. The van der Waals surface area contributed by atoms with Crippen LogP contribution >= 0.6 is 0 Å². The van der Waals surface area contributed by atoms with Gasteiger partial charge in [0.05, 0.1) is 12.0 Å². The highest BCUT2D eigenvalue weighted by atomic mass is 16.5. The molecule has 1 aliphatic rings. The molecule has 100 valence electrons. The van der Waals surface area contributed by atoms with Gasteiger partial charge in [0.2, 0.25) is 5.78 Å². The van der Waals surface area contributed by atoms with Crippen LogP contribution in [0.25, 0.3) is 0 Å². The molecule has 1 aromatic heterocycles. The number of carbonyl (C=O) groups is 2. The SMILES string of the molecule is O=C(O)Cc1ccc2c(c1)OCc1nccnc1C2=O. The Balaban J connectivity index is 2.05. The summed E-state index contributed by atoms with van der Waals surface area (Å²) in [6.07, 6.45) is 2.84. The summed E-state index contributed by atoms with van der Waals surface area (Å²) in [5.41, 5.74) is 1.71. The Hall–Kier alpha value is -2.76. The summed E-state index contributed by atoms with van der Waals surface area (Å²) in [4.78, 5) is 31.2. The summed E-state index contributed by atoms with van der Waals surface area (Å²) in [6, 6.07) is 4.75. The average molecular weight is 270 g/mol. The first kappa shape index (κ1) is 12.3. The summed E-state index contributed by atoms with van der Waals surface area (Å²) < 4.78 is 5.55. The zero-order valence-corrected chi connectivity index (χ0v) is 10.4. The van der Waals surface area contributed by atoms with Gasteiger partial charge >= 0.3 is 5.97 Å². The van der Waals surface area contributed by atoms with E-state index in [1.165, 1.54) is 12.4 Å². The largest absolute Gasteiger partial charge is 0.486 e. The summed E-state index contributed by atoms with van der Waals surface area (Å²) in [6.45, 7) is 0.137. The predicted octanol–water partition coefficient (Wildman–Crippen LogP) is 1.23. The average Bonchev–Trinajstić information content (AvgIpc) is 2.57. The van der Waals surface area contributed by atoms with Gasteiger partial charge in [0.1, 0.15) is 23.7 Å². The molecule has 3 rings (SSSR count). The molecule has 0 spiro atoms. The third-order valence-corrected chi connectivity index (χ3v) is 3.00. The normalized spacial score (nSPS) is 12.9. The molecule has 0 atom stereocenters. The van der Waals surface area contributed by atoms with Crippen molar-refractivity contribution < 1.29 is 19.4 Å². The number of carbonyl (C=O) groups excluding carboxylic acids is 1. The van der Waals surface area contributed by atoms with Crippen molar-refractivity contribution in [3.8, 4) is 5.75 Å². The second-order valence-electron chi connectivity index (χ2n) is 4.37. The molecule has 1 aromatic carbocycles. The highest BCUT2D eigenvalue weighted by Gasteiger charge is 2.24. The maximum Gasteiger partial charge on any atom is 0.307 e. The van der Waals surface area contributed by atoms with Crippen molar-refractivity contribution >= 4 is 11.8 Å². The van der Waals surface area contributed by atoms with Gasteiger partial charge in [-0.05, 0) is 17.7 Å². The fourth-order valence-corrected chi connectivity index (χ4v) is 2.09. The molecule has 1 aliphatic heterocycles.